The van der Waals surface area contributed by atoms with E-state index in [1.807, 2.05) is 27.7 Å². The quantitative estimate of drug-likeness (QED) is 0.672. The van der Waals surface area contributed by atoms with Crippen LogP contribution in [0.1, 0.15) is 40.5 Å². The van der Waals surface area contributed by atoms with Gasteiger partial charge in [-0.05, 0) is 27.2 Å². The average molecular weight is 278 g/mol. The Morgan fingerprint density at radius 3 is 2.00 bits per heavy atom. The minimum atomic E-state index is -3.25. The van der Waals surface area contributed by atoms with Gasteiger partial charge >= 0.3 is 0 Å². The van der Waals surface area contributed by atoms with Crippen LogP contribution in [-0.4, -0.2) is 55.5 Å². The summed E-state index contributed by atoms with van der Waals surface area (Å²) in [6.07, 6.45) is 2.19. The highest BCUT2D eigenvalue weighted by atomic mass is 32.2. The van der Waals surface area contributed by atoms with E-state index in [-0.39, 0.29) is 24.9 Å². The van der Waals surface area contributed by atoms with Crippen LogP contribution in [0, 0.1) is 0 Å². The minimum absolute atomic E-state index is 0.0111. The van der Waals surface area contributed by atoms with Crippen molar-refractivity contribution >= 4 is 15.9 Å². The first-order chi connectivity index (χ1) is 8.27. The number of sulfonamides is 1. The summed E-state index contributed by atoms with van der Waals surface area (Å²) in [4.78, 5) is 13.6. The fraction of sp³-hybridized carbons (Fsp3) is 0.917. The Hall–Kier alpha value is -0.620. The Labute approximate surface area is 111 Å². The second-order valence-corrected chi connectivity index (χ2v) is 6.38. The molecule has 5 nitrogen and oxygen atoms in total. The molecule has 0 saturated carbocycles. The van der Waals surface area contributed by atoms with E-state index in [9.17, 15) is 13.2 Å². The summed E-state index contributed by atoms with van der Waals surface area (Å²) in [5.74, 6) is 0.0111. The number of nitrogens with zero attached hydrogens (tertiary/aromatic N) is 2. The maximum absolute atomic E-state index is 11.9. The van der Waals surface area contributed by atoms with Crippen LogP contribution < -0.4 is 0 Å². The van der Waals surface area contributed by atoms with Gasteiger partial charge in [-0.25, -0.2) is 8.42 Å². The normalized spacial score (nSPS) is 13.7. The number of rotatable bonds is 8. The summed E-state index contributed by atoms with van der Waals surface area (Å²) in [7, 11) is -3.25. The molecule has 6 heteroatoms. The van der Waals surface area contributed by atoms with Gasteiger partial charge in [-0.3, -0.25) is 4.79 Å². The predicted octanol–water partition coefficient (Wildman–Crippen LogP) is 1.31. The molecular formula is C12H26N2O3S. The Morgan fingerprint density at radius 2 is 1.67 bits per heavy atom. The van der Waals surface area contributed by atoms with E-state index in [0.29, 0.717) is 13.1 Å². The van der Waals surface area contributed by atoms with Crippen molar-refractivity contribution in [2.24, 2.45) is 0 Å². The number of hydrogen-bond acceptors (Lipinski definition) is 3. The highest BCUT2D eigenvalue weighted by Gasteiger charge is 2.23. The summed E-state index contributed by atoms with van der Waals surface area (Å²) in [5, 5.41) is 0. The lowest BCUT2D eigenvalue weighted by molar-refractivity contribution is -0.130. The van der Waals surface area contributed by atoms with E-state index >= 15 is 0 Å². The van der Waals surface area contributed by atoms with Gasteiger partial charge in [0, 0.05) is 32.1 Å². The monoisotopic (exact) mass is 278 g/mol. The molecule has 0 spiro atoms. The smallest absolute Gasteiger partial charge is 0.223 e. The van der Waals surface area contributed by atoms with E-state index in [2.05, 4.69) is 0 Å². The molecule has 0 rings (SSSR count). The molecule has 108 valence electrons. The number of carbonyl (C=O) groups excluding carboxylic acids is 1. The molecule has 18 heavy (non-hydrogen) atoms. The molecule has 0 radical (unpaired) electrons. The highest BCUT2D eigenvalue weighted by Crippen LogP contribution is 2.10. The number of amides is 1. The van der Waals surface area contributed by atoms with Crippen molar-refractivity contribution in [2.75, 3.05) is 25.9 Å². The van der Waals surface area contributed by atoms with Crippen LogP contribution in [0.4, 0.5) is 0 Å². The summed E-state index contributed by atoms with van der Waals surface area (Å²) < 4.78 is 24.7. The van der Waals surface area contributed by atoms with Crippen LogP contribution in [0.2, 0.25) is 0 Å². The molecule has 0 aliphatic carbocycles. The SMILES string of the molecule is CCC(C)N(CCC(=O)N(CC)CC)S(C)(=O)=O. The summed E-state index contributed by atoms with van der Waals surface area (Å²) in [6, 6.07) is -0.0653. The van der Waals surface area contributed by atoms with E-state index in [1.165, 1.54) is 10.6 Å². The summed E-state index contributed by atoms with van der Waals surface area (Å²) >= 11 is 0. The maximum atomic E-state index is 11.9. The second-order valence-electron chi connectivity index (χ2n) is 4.45. The van der Waals surface area contributed by atoms with Crippen molar-refractivity contribution in [3.8, 4) is 0 Å². The summed E-state index contributed by atoms with van der Waals surface area (Å²) in [6.45, 7) is 9.24. The average Bonchev–Trinajstić information content (AvgIpc) is 2.28. The third-order valence-corrected chi connectivity index (χ3v) is 4.57. The first kappa shape index (κ1) is 17.4. The summed E-state index contributed by atoms with van der Waals surface area (Å²) in [5.41, 5.74) is 0. The molecule has 1 atom stereocenters. The zero-order valence-electron chi connectivity index (χ0n) is 12.1. The van der Waals surface area contributed by atoms with Crippen LogP contribution in [0.25, 0.3) is 0 Å². The number of hydrogen-bond donors (Lipinski definition) is 0. The van der Waals surface area contributed by atoms with Gasteiger partial charge in [0.05, 0.1) is 6.26 Å². The lowest BCUT2D eigenvalue weighted by Gasteiger charge is -2.27. The molecular weight excluding hydrogens is 252 g/mol. The molecule has 0 bridgehead atoms. The van der Waals surface area contributed by atoms with E-state index in [4.69, 9.17) is 0 Å². The van der Waals surface area contributed by atoms with Crippen LogP contribution in [0.5, 0.6) is 0 Å². The van der Waals surface area contributed by atoms with Gasteiger partial charge in [-0.15, -0.1) is 0 Å². The van der Waals surface area contributed by atoms with E-state index < -0.39 is 10.0 Å². The van der Waals surface area contributed by atoms with Crippen LogP contribution in [0.15, 0.2) is 0 Å². The van der Waals surface area contributed by atoms with E-state index in [1.54, 1.807) is 4.90 Å². The van der Waals surface area contributed by atoms with Crippen LogP contribution in [-0.2, 0) is 14.8 Å². The molecule has 0 aromatic rings. The van der Waals surface area contributed by atoms with Gasteiger partial charge < -0.3 is 4.90 Å². The Kier molecular flexibility index (Phi) is 7.47. The Bertz CT molecular complexity index is 350. The molecule has 0 aliphatic heterocycles. The predicted molar refractivity (Wildman–Crippen MR) is 73.8 cm³/mol. The highest BCUT2D eigenvalue weighted by molar-refractivity contribution is 7.88. The van der Waals surface area contributed by atoms with Gasteiger partial charge in [-0.2, -0.15) is 4.31 Å². The van der Waals surface area contributed by atoms with Crippen molar-refractivity contribution in [2.45, 2.75) is 46.6 Å². The Morgan fingerprint density at radius 1 is 1.17 bits per heavy atom. The molecule has 0 fully saturated rings. The molecule has 0 aromatic heterocycles. The standard InChI is InChI=1S/C12H26N2O3S/c1-6-11(4)14(18(5,16)17)10-9-12(15)13(7-2)8-3/h11H,6-10H2,1-5H3. The first-order valence-electron chi connectivity index (χ1n) is 6.52. The van der Waals surface area contributed by atoms with Gasteiger partial charge in [0.2, 0.25) is 15.9 Å². The van der Waals surface area contributed by atoms with Gasteiger partial charge in [0.1, 0.15) is 0 Å². The molecule has 0 heterocycles. The Balaban J connectivity index is 4.59. The van der Waals surface area contributed by atoms with Gasteiger partial charge in [0.25, 0.3) is 0 Å². The lowest BCUT2D eigenvalue weighted by atomic mass is 10.2. The number of carbonyl (C=O) groups is 1. The van der Waals surface area contributed by atoms with Gasteiger partial charge in [-0.1, -0.05) is 6.92 Å². The van der Waals surface area contributed by atoms with E-state index in [0.717, 1.165) is 6.42 Å². The third-order valence-electron chi connectivity index (χ3n) is 3.17. The topological polar surface area (TPSA) is 57.7 Å². The lowest BCUT2D eigenvalue weighted by Crippen LogP contribution is -2.41. The fourth-order valence-electron chi connectivity index (χ4n) is 1.86. The van der Waals surface area contributed by atoms with Gasteiger partial charge in [0.15, 0.2) is 0 Å². The molecule has 1 amide bonds. The fourth-order valence-corrected chi connectivity index (χ4v) is 3.08. The third kappa shape index (κ3) is 5.35. The van der Waals surface area contributed by atoms with Crippen molar-refractivity contribution in [1.82, 2.24) is 9.21 Å². The molecule has 1 unspecified atom stereocenters. The first-order valence-corrected chi connectivity index (χ1v) is 8.37. The van der Waals surface area contributed by atoms with Crippen molar-refractivity contribution < 1.29 is 13.2 Å². The zero-order chi connectivity index (χ0) is 14.3. The molecule has 0 aliphatic rings. The van der Waals surface area contributed by atoms with Crippen LogP contribution >= 0.6 is 0 Å². The molecule has 0 N–H and O–H groups in total. The van der Waals surface area contributed by atoms with Crippen LogP contribution in [0.3, 0.4) is 0 Å². The molecule has 0 saturated heterocycles. The minimum Gasteiger partial charge on any atom is -0.343 e. The van der Waals surface area contributed by atoms with Crippen molar-refractivity contribution in [3.05, 3.63) is 0 Å². The largest absolute Gasteiger partial charge is 0.343 e. The van der Waals surface area contributed by atoms with Crippen molar-refractivity contribution in [3.63, 3.8) is 0 Å². The second kappa shape index (κ2) is 7.74. The zero-order valence-corrected chi connectivity index (χ0v) is 13.0. The molecule has 0 aromatic carbocycles. The van der Waals surface area contributed by atoms with Crippen molar-refractivity contribution in [1.29, 1.82) is 0 Å². The maximum Gasteiger partial charge on any atom is 0.223 e.